The first-order valence-corrected chi connectivity index (χ1v) is 5.83. The summed E-state index contributed by atoms with van der Waals surface area (Å²) in [5.74, 6) is 0.536. The molecular formula is C12H18BrN. The van der Waals surface area contributed by atoms with Gasteiger partial charge in [0.05, 0.1) is 0 Å². The highest BCUT2D eigenvalue weighted by molar-refractivity contribution is 9.10. The first kappa shape index (κ1) is 11.7. The van der Waals surface area contributed by atoms with Gasteiger partial charge in [-0.1, -0.05) is 35.0 Å². The van der Waals surface area contributed by atoms with Crippen molar-refractivity contribution in [1.82, 2.24) is 0 Å². The van der Waals surface area contributed by atoms with E-state index < -0.39 is 0 Å². The predicted molar refractivity (Wildman–Crippen MR) is 65.7 cm³/mol. The van der Waals surface area contributed by atoms with Gasteiger partial charge in [-0.3, -0.25) is 0 Å². The number of rotatable bonds is 3. The Morgan fingerprint density at radius 1 is 1.29 bits per heavy atom. The lowest BCUT2D eigenvalue weighted by Crippen LogP contribution is -2.07. The largest absolute Gasteiger partial charge is 0.330 e. The molecule has 1 unspecified atom stereocenters. The second-order valence-electron chi connectivity index (χ2n) is 3.91. The summed E-state index contributed by atoms with van der Waals surface area (Å²) < 4.78 is 1.25. The van der Waals surface area contributed by atoms with Crippen molar-refractivity contribution in [1.29, 1.82) is 0 Å². The van der Waals surface area contributed by atoms with Gasteiger partial charge >= 0.3 is 0 Å². The van der Waals surface area contributed by atoms with Crippen LogP contribution in [-0.4, -0.2) is 6.54 Å². The maximum atomic E-state index is 5.59. The smallest absolute Gasteiger partial charge is 0.0241 e. The highest BCUT2D eigenvalue weighted by atomic mass is 79.9. The van der Waals surface area contributed by atoms with Crippen molar-refractivity contribution in [3.05, 3.63) is 33.3 Å². The van der Waals surface area contributed by atoms with E-state index in [0.29, 0.717) is 5.92 Å². The molecule has 2 N–H and O–H groups in total. The highest BCUT2D eigenvalue weighted by Gasteiger charge is 2.12. The van der Waals surface area contributed by atoms with Crippen LogP contribution in [0.4, 0.5) is 0 Å². The van der Waals surface area contributed by atoms with E-state index in [9.17, 15) is 0 Å². The molecule has 0 bridgehead atoms. The summed E-state index contributed by atoms with van der Waals surface area (Å²) in [6, 6.07) is 4.33. The Balaban J connectivity index is 3.11. The van der Waals surface area contributed by atoms with Gasteiger partial charge < -0.3 is 5.73 Å². The summed E-state index contributed by atoms with van der Waals surface area (Å²) in [4.78, 5) is 0. The van der Waals surface area contributed by atoms with E-state index in [4.69, 9.17) is 5.73 Å². The van der Waals surface area contributed by atoms with Gasteiger partial charge in [0.2, 0.25) is 0 Å². The van der Waals surface area contributed by atoms with E-state index in [0.717, 1.165) is 13.0 Å². The number of hydrogen-bond acceptors (Lipinski definition) is 1. The number of nitrogens with two attached hydrogens (primary N) is 1. The fourth-order valence-corrected chi connectivity index (χ4v) is 2.63. The van der Waals surface area contributed by atoms with Crippen LogP contribution < -0.4 is 5.73 Å². The van der Waals surface area contributed by atoms with Gasteiger partial charge in [0, 0.05) is 4.47 Å². The molecule has 1 aromatic rings. The van der Waals surface area contributed by atoms with Gasteiger partial charge in [0.25, 0.3) is 0 Å². The van der Waals surface area contributed by atoms with E-state index in [2.05, 4.69) is 48.8 Å². The fourth-order valence-electron chi connectivity index (χ4n) is 1.80. The molecule has 0 spiro atoms. The molecule has 0 aliphatic rings. The van der Waals surface area contributed by atoms with Crippen LogP contribution in [0.3, 0.4) is 0 Å². The van der Waals surface area contributed by atoms with Crippen LogP contribution in [0, 0.1) is 13.8 Å². The standard InChI is InChI=1S/C12H18BrN/c1-8-4-5-10(3)12(13)11(8)9(2)6-7-14/h4-5,9H,6-7,14H2,1-3H3. The molecule has 0 saturated heterocycles. The van der Waals surface area contributed by atoms with Gasteiger partial charge in [-0.2, -0.15) is 0 Å². The van der Waals surface area contributed by atoms with E-state index in [1.165, 1.54) is 21.2 Å². The monoisotopic (exact) mass is 255 g/mol. The van der Waals surface area contributed by atoms with Crippen LogP contribution in [0.5, 0.6) is 0 Å². The molecule has 0 fully saturated rings. The molecule has 2 heteroatoms. The molecule has 1 aromatic carbocycles. The average molecular weight is 256 g/mol. The van der Waals surface area contributed by atoms with E-state index in [1.54, 1.807) is 0 Å². The fraction of sp³-hybridized carbons (Fsp3) is 0.500. The SMILES string of the molecule is Cc1ccc(C)c(C(C)CCN)c1Br. The molecule has 0 heterocycles. The molecule has 0 aromatic heterocycles. The van der Waals surface area contributed by atoms with E-state index in [1.807, 2.05) is 0 Å². The molecule has 0 aliphatic carbocycles. The number of aryl methyl sites for hydroxylation is 2. The molecule has 78 valence electrons. The van der Waals surface area contributed by atoms with Crippen LogP contribution >= 0.6 is 15.9 Å². The maximum Gasteiger partial charge on any atom is 0.0241 e. The second kappa shape index (κ2) is 4.94. The second-order valence-corrected chi connectivity index (χ2v) is 4.70. The Morgan fingerprint density at radius 2 is 1.86 bits per heavy atom. The first-order chi connectivity index (χ1) is 6.57. The zero-order chi connectivity index (χ0) is 10.7. The first-order valence-electron chi connectivity index (χ1n) is 5.03. The lowest BCUT2D eigenvalue weighted by Gasteiger charge is -2.17. The van der Waals surface area contributed by atoms with Crippen molar-refractivity contribution in [2.75, 3.05) is 6.54 Å². The zero-order valence-electron chi connectivity index (χ0n) is 9.10. The van der Waals surface area contributed by atoms with Gasteiger partial charge in [-0.25, -0.2) is 0 Å². The topological polar surface area (TPSA) is 26.0 Å². The Kier molecular flexibility index (Phi) is 4.14. The van der Waals surface area contributed by atoms with Gasteiger partial charge in [0.15, 0.2) is 0 Å². The van der Waals surface area contributed by atoms with E-state index in [-0.39, 0.29) is 0 Å². The number of halogens is 1. The molecule has 0 amide bonds. The number of hydrogen-bond donors (Lipinski definition) is 1. The van der Waals surface area contributed by atoms with Crippen molar-refractivity contribution in [3.8, 4) is 0 Å². The average Bonchev–Trinajstić information content (AvgIpc) is 2.13. The van der Waals surface area contributed by atoms with Crippen LogP contribution in [0.25, 0.3) is 0 Å². The third-order valence-corrected chi connectivity index (χ3v) is 3.74. The molecule has 0 aliphatic heterocycles. The Bertz CT molecular complexity index is 320. The van der Waals surface area contributed by atoms with Gasteiger partial charge in [-0.15, -0.1) is 0 Å². The molecule has 1 atom stereocenters. The summed E-state index contributed by atoms with van der Waals surface area (Å²) in [6.07, 6.45) is 1.04. The van der Waals surface area contributed by atoms with Crippen molar-refractivity contribution < 1.29 is 0 Å². The lowest BCUT2D eigenvalue weighted by molar-refractivity contribution is 0.682. The minimum absolute atomic E-state index is 0.536. The third-order valence-electron chi connectivity index (χ3n) is 2.68. The quantitative estimate of drug-likeness (QED) is 0.879. The van der Waals surface area contributed by atoms with Crippen molar-refractivity contribution >= 4 is 15.9 Å². The third kappa shape index (κ3) is 2.37. The minimum atomic E-state index is 0.536. The Labute approximate surface area is 94.8 Å². The van der Waals surface area contributed by atoms with Crippen molar-refractivity contribution in [3.63, 3.8) is 0 Å². The molecule has 1 rings (SSSR count). The molecule has 1 nitrogen and oxygen atoms in total. The van der Waals surface area contributed by atoms with Crippen molar-refractivity contribution in [2.45, 2.75) is 33.1 Å². The normalized spacial score (nSPS) is 12.9. The maximum absolute atomic E-state index is 5.59. The Morgan fingerprint density at radius 3 is 2.43 bits per heavy atom. The van der Waals surface area contributed by atoms with Crippen LogP contribution in [-0.2, 0) is 0 Å². The number of benzene rings is 1. The Hall–Kier alpha value is -0.340. The van der Waals surface area contributed by atoms with Crippen molar-refractivity contribution in [2.24, 2.45) is 5.73 Å². The summed E-state index contributed by atoms with van der Waals surface area (Å²) in [6.45, 7) is 7.27. The van der Waals surface area contributed by atoms with Crippen LogP contribution in [0.1, 0.15) is 36.0 Å². The van der Waals surface area contributed by atoms with Crippen LogP contribution in [0.15, 0.2) is 16.6 Å². The van der Waals surface area contributed by atoms with E-state index >= 15 is 0 Å². The summed E-state index contributed by atoms with van der Waals surface area (Å²) >= 11 is 3.66. The lowest BCUT2D eigenvalue weighted by atomic mass is 9.92. The molecule has 0 saturated carbocycles. The molecule has 14 heavy (non-hydrogen) atoms. The van der Waals surface area contributed by atoms with Crippen LogP contribution in [0.2, 0.25) is 0 Å². The predicted octanol–water partition coefficient (Wildman–Crippen LogP) is 3.52. The molecular weight excluding hydrogens is 238 g/mol. The molecule has 0 radical (unpaired) electrons. The van der Waals surface area contributed by atoms with Gasteiger partial charge in [-0.05, 0) is 49.4 Å². The highest BCUT2D eigenvalue weighted by Crippen LogP contribution is 2.32. The summed E-state index contributed by atoms with van der Waals surface area (Å²) in [5, 5.41) is 0. The zero-order valence-corrected chi connectivity index (χ0v) is 10.7. The minimum Gasteiger partial charge on any atom is -0.330 e. The van der Waals surface area contributed by atoms with Gasteiger partial charge in [0.1, 0.15) is 0 Å². The summed E-state index contributed by atoms with van der Waals surface area (Å²) in [7, 11) is 0. The summed E-state index contributed by atoms with van der Waals surface area (Å²) in [5.41, 5.74) is 9.65.